The van der Waals surface area contributed by atoms with Gasteiger partial charge in [0.25, 0.3) is 0 Å². The van der Waals surface area contributed by atoms with Gasteiger partial charge in [-0.15, -0.1) is 0 Å². The lowest BCUT2D eigenvalue weighted by atomic mass is 9.96. The van der Waals surface area contributed by atoms with E-state index < -0.39 is 0 Å². The van der Waals surface area contributed by atoms with E-state index in [1.54, 1.807) is 0 Å². The summed E-state index contributed by atoms with van der Waals surface area (Å²) in [4.78, 5) is 2.44. The highest BCUT2D eigenvalue weighted by Gasteiger charge is 2.26. The Balaban J connectivity index is 2.23. The molecule has 0 radical (unpaired) electrons. The second kappa shape index (κ2) is 4.33. The van der Waals surface area contributed by atoms with E-state index in [0.29, 0.717) is 12.1 Å². The monoisotopic (exact) mass is 204 g/mol. The van der Waals surface area contributed by atoms with Gasteiger partial charge in [-0.2, -0.15) is 0 Å². The molecule has 2 rings (SSSR count). The van der Waals surface area contributed by atoms with Gasteiger partial charge in [-0.1, -0.05) is 29.8 Å². The van der Waals surface area contributed by atoms with Crippen molar-refractivity contribution in [2.45, 2.75) is 25.9 Å². The lowest BCUT2D eigenvalue weighted by Crippen LogP contribution is -2.49. The van der Waals surface area contributed by atoms with Crippen molar-refractivity contribution in [3.05, 3.63) is 35.4 Å². The van der Waals surface area contributed by atoms with E-state index in [1.165, 1.54) is 11.1 Å². The molecule has 0 aromatic heterocycles. The molecule has 2 atom stereocenters. The van der Waals surface area contributed by atoms with Crippen LogP contribution in [0.15, 0.2) is 24.3 Å². The fourth-order valence-electron chi connectivity index (χ4n) is 2.41. The lowest BCUT2D eigenvalue weighted by Gasteiger charge is -2.38. The first-order chi connectivity index (χ1) is 7.18. The first kappa shape index (κ1) is 10.7. The molecule has 1 aromatic rings. The van der Waals surface area contributed by atoms with Crippen LogP contribution in [0.1, 0.15) is 24.1 Å². The second-order valence-electron chi connectivity index (χ2n) is 4.58. The number of nitrogens with one attached hydrogen (secondary N) is 1. The fraction of sp³-hybridized carbons (Fsp3) is 0.538. The van der Waals surface area contributed by atoms with Crippen LogP contribution in [0.2, 0.25) is 0 Å². The van der Waals surface area contributed by atoms with Crippen molar-refractivity contribution in [3.8, 4) is 0 Å². The normalized spacial score (nSPS) is 27.9. The van der Waals surface area contributed by atoms with Gasteiger partial charge in [-0.05, 0) is 26.5 Å². The average Bonchev–Trinajstić information content (AvgIpc) is 2.20. The summed E-state index contributed by atoms with van der Waals surface area (Å²) in [6, 6.07) is 9.94. The van der Waals surface area contributed by atoms with Gasteiger partial charge in [0.15, 0.2) is 0 Å². The Morgan fingerprint density at radius 1 is 1.27 bits per heavy atom. The van der Waals surface area contributed by atoms with Crippen LogP contribution in [0.5, 0.6) is 0 Å². The van der Waals surface area contributed by atoms with E-state index in [2.05, 4.69) is 55.4 Å². The molecule has 1 aliphatic heterocycles. The zero-order valence-corrected chi connectivity index (χ0v) is 9.83. The van der Waals surface area contributed by atoms with E-state index in [4.69, 9.17) is 0 Å². The van der Waals surface area contributed by atoms with Crippen LogP contribution >= 0.6 is 0 Å². The number of rotatable bonds is 1. The Morgan fingerprint density at radius 3 is 2.53 bits per heavy atom. The van der Waals surface area contributed by atoms with Crippen LogP contribution in [-0.4, -0.2) is 31.1 Å². The summed E-state index contributed by atoms with van der Waals surface area (Å²) < 4.78 is 0. The van der Waals surface area contributed by atoms with E-state index in [0.717, 1.165) is 13.1 Å². The molecule has 1 aliphatic rings. The van der Waals surface area contributed by atoms with Gasteiger partial charge < -0.3 is 5.32 Å². The Kier molecular flexibility index (Phi) is 3.08. The molecule has 0 spiro atoms. The molecule has 1 fully saturated rings. The van der Waals surface area contributed by atoms with Gasteiger partial charge in [0, 0.05) is 25.2 Å². The van der Waals surface area contributed by atoms with Crippen molar-refractivity contribution in [2.24, 2.45) is 0 Å². The molecule has 15 heavy (non-hydrogen) atoms. The third-order valence-electron chi connectivity index (χ3n) is 3.30. The molecule has 1 saturated heterocycles. The molecule has 2 nitrogen and oxygen atoms in total. The number of hydrogen-bond donors (Lipinski definition) is 1. The Morgan fingerprint density at radius 2 is 1.93 bits per heavy atom. The maximum Gasteiger partial charge on any atom is 0.0496 e. The molecule has 82 valence electrons. The summed E-state index contributed by atoms with van der Waals surface area (Å²) in [5.41, 5.74) is 2.75. The van der Waals surface area contributed by atoms with Gasteiger partial charge >= 0.3 is 0 Å². The van der Waals surface area contributed by atoms with Crippen molar-refractivity contribution in [1.29, 1.82) is 0 Å². The zero-order chi connectivity index (χ0) is 10.8. The predicted octanol–water partition coefficient (Wildman–Crippen LogP) is 1.96. The van der Waals surface area contributed by atoms with Gasteiger partial charge in [-0.25, -0.2) is 0 Å². The van der Waals surface area contributed by atoms with Crippen LogP contribution < -0.4 is 5.32 Å². The van der Waals surface area contributed by atoms with E-state index in [-0.39, 0.29) is 0 Å². The van der Waals surface area contributed by atoms with E-state index in [1.807, 2.05) is 0 Å². The lowest BCUT2D eigenvalue weighted by molar-refractivity contribution is 0.159. The molecule has 0 aliphatic carbocycles. The molecule has 0 amide bonds. The highest BCUT2D eigenvalue weighted by atomic mass is 15.2. The van der Waals surface area contributed by atoms with Gasteiger partial charge in [0.1, 0.15) is 0 Å². The van der Waals surface area contributed by atoms with E-state index >= 15 is 0 Å². The van der Waals surface area contributed by atoms with Crippen molar-refractivity contribution < 1.29 is 0 Å². The third kappa shape index (κ3) is 2.21. The number of piperazine rings is 1. The maximum atomic E-state index is 3.53. The number of benzene rings is 1. The molecular weight excluding hydrogens is 184 g/mol. The predicted molar refractivity (Wildman–Crippen MR) is 64.0 cm³/mol. The fourth-order valence-corrected chi connectivity index (χ4v) is 2.41. The standard InChI is InChI=1S/C13H20N2/c1-10-4-6-12(7-5-10)13-11(2)14-8-9-15(13)3/h4-7,11,13-14H,8-9H2,1-3H3. The highest BCUT2D eigenvalue weighted by Crippen LogP contribution is 2.25. The van der Waals surface area contributed by atoms with Crippen molar-refractivity contribution in [3.63, 3.8) is 0 Å². The molecule has 2 unspecified atom stereocenters. The van der Waals surface area contributed by atoms with Crippen LogP contribution in [0.3, 0.4) is 0 Å². The summed E-state index contributed by atoms with van der Waals surface area (Å²) in [5, 5.41) is 3.53. The van der Waals surface area contributed by atoms with Gasteiger partial charge in [0.05, 0.1) is 0 Å². The average molecular weight is 204 g/mol. The van der Waals surface area contributed by atoms with Crippen molar-refractivity contribution in [1.82, 2.24) is 10.2 Å². The number of hydrogen-bond acceptors (Lipinski definition) is 2. The van der Waals surface area contributed by atoms with Crippen LogP contribution in [0, 0.1) is 6.92 Å². The summed E-state index contributed by atoms with van der Waals surface area (Å²) in [5.74, 6) is 0. The smallest absolute Gasteiger partial charge is 0.0496 e. The third-order valence-corrected chi connectivity index (χ3v) is 3.30. The van der Waals surface area contributed by atoms with Crippen molar-refractivity contribution in [2.75, 3.05) is 20.1 Å². The first-order valence-corrected chi connectivity index (χ1v) is 5.68. The molecule has 1 aromatic carbocycles. The zero-order valence-electron chi connectivity index (χ0n) is 9.83. The topological polar surface area (TPSA) is 15.3 Å². The van der Waals surface area contributed by atoms with Crippen LogP contribution in [0.4, 0.5) is 0 Å². The second-order valence-corrected chi connectivity index (χ2v) is 4.58. The molecule has 0 saturated carbocycles. The molecule has 0 bridgehead atoms. The van der Waals surface area contributed by atoms with Gasteiger partial charge in [0.2, 0.25) is 0 Å². The van der Waals surface area contributed by atoms with Crippen LogP contribution in [0.25, 0.3) is 0 Å². The van der Waals surface area contributed by atoms with Gasteiger partial charge in [-0.3, -0.25) is 4.90 Å². The van der Waals surface area contributed by atoms with E-state index in [9.17, 15) is 0 Å². The summed E-state index contributed by atoms with van der Waals surface area (Å²) in [6.45, 7) is 6.62. The first-order valence-electron chi connectivity index (χ1n) is 5.68. The SMILES string of the molecule is Cc1ccc(C2C(C)NCCN2C)cc1. The number of aryl methyl sites for hydroxylation is 1. The molecular formula is C13H20N2. The van der Waals surface area contributed by atoms with Crippen LogP contribution in [-0.2, 0) is 0 Å². The minimum Gasteiger partial charge on any atom is -0.311 e. The Hall–Kier alpha value is -0.860. The molecule has 2 heteroatoms. The highest BCUT2D eigenvalue weighted by molar-refractivity contribution is 5.25. The minimum absolute atomic E-state index is 0.513. The summed E-state index contributed by atoms with van der Waals surface area (Å²) in [6.07, 6.45) is 0. The summed E-state index contributed by atoms with van der Waals surface area (Å²) >= 11 is 0. The van der Waals surface area contributed by atoms with Crippen molar-refractivity contribution >= 4 is 0 Å². The maximum absolute atomic E-state index is 3.53. The molecule has 1 N–H and O–H groups in total. The number of likely N-dealkylation sites (N-methyl/N-ethyl adjacent to an activating group) is 1. The summed E-state index contributed by atoms with van der Waals surface area (Å²) in [7, 11) is 2.21. The quantitative estimate of drug-likeness (QED) is 0.752. The Bertz CT molecular complexity index is 308. The minimum atomic E-state index is 0.513. The number of nitrogens with zero attached hydrogens (tertiary/aromatic N) is 1. The largest absolute Gasteiger partial charge is 0.311 e. The Labute approximate surface area is 92.3 Å². The molecule has 1 heterocycles.